The molecule has 124 valence electrons. The van der Waals surface area contributed by atoms with Gasteiger partial charge in [0.2, 0.25) is 0 Å². The van der Waals surface area contributed by atoms with Crippen molar-refractivity contribution < 1.29 is 19.1 Å². The van der Waals surface area contributed by atoms with Gasteiger partial charge in [-0.1, -0.05) is 42.5 Å². The van der Waals surface area contributed by atoms with Crippen LogP contribution in [-0.2, 0) is 20.9 Å². The number of esters is 1. The third-order valence-corrected chi connectivity index (χ3v) is 3.86. The van der Waals surface area contributed by atoms with Gasteiger partial charge in [-0.25, -0.2) is 4.79 Å². The molecule has 0 aliphatic heterocycles. The second-order valence-electron chi connectivity index (χ2n) is 5.54. The Bertz CT molecular complexity index is 541. The van der Waals surface area contributed by atoms with Crippen LogP contribution in [0, 0.1) is 11.8 Å². The van der Waals surface area contributed by atoms with E-state index in [9.17, 15) is 9.59 Å². The Morgan fingerprint density at radius 1 is 1.22 bits per heavy atom. The van der Waals surface area contributed by atoms with Gasteiger partial charge in [-0.2, -0.15) is 0 Å². The lowest BCUT2D eigenvalue weighted by Crippen LogP contribution is -2.32. The zero-order chi connectivity index (χ0) is 16.5. The van der Waals surface area contributed by atoms with Crippen molar-refractivity contribution in [2.24, 2.45) is 11.8 Å². The summed E-state index contributed by atoms with van der Waals surface area (Å²) in [6.45, 7) is 2.93. The standard InChI is InChI=1S/C18H23NO4/c1-2-22-17(20)11-15-9-6-10-16(15)12-19-18(21)23-13-14-7-4-3-5-8-14/h3-9,15-16H,2,10-13H2,1H3,(H,19,21)/t15-,16+/m1/s1. The molecule has 2 atom stereocenters. The van der Waals surface area contributed by atoms with Gasteiger partial charge in [-0.05, 0) is 30.7 Å². The number of benzene rings is 1. The fourth-order valence-electron chi connectivity index (χ4n) is 2.63. The molecule has 0 unspecified atom stereocenters. The van der Waals surface area contributed by atoms with E-state index in [-0.39, 0.29) is 24.4 Å². The van der Waals surface area contributed by atoms with Gasteiger partial charge in [0.15, 0.2) is 0 Å². The van der Waals surface area contributed by atoms with E-state index in [0.29, 0.717) is 19.6 Å². The number of nitrogens with one attached hydrogen (secondary N) is 1. The van der Waals surface area contributed by atoms with Gasteiger partial charge in [0.05, 0.1) is 13.0 Å². The second kappa shape index (κ2) is 8.98. The van der Waals surface area contributed by atoms with Crippen molar-refractivity contribution >= 4 is 12.1 Å². The lowest BCUT2D eigenvalue weighted by Gasteiger charge is -2.19. The van der Waals surface area contributed by atoms with Crippen molar-refractivity contribution in [2.75, 3.05) is 13.2 Å². The quantitative estimate of drug-likeness (QED) is 0.620. The monoisotopic (exact) mass is 317 g/mol. The summed E-state index contributed by atoms with van der Waals surface area (Å²) in [7, 11) is 0. The van der Waals surface area contributed by atoms with Gasteiger partial charge in [0, 0.05) is 6.54 Å². The summed E-state index contributed by atoms with van der Waals surface area (Å²) in [5.74, 6) is 0.132. The molecule has 1 aromatic carbocycles. The number of allylic oxidation sites excluding steroid dienone is 2. The van der Waals surface area contributed by atoms with E-state index in [1.165, 1.54) is 0 Å². The van der Waals surface area contributed by atoms with E-state index < -0.39 is 6.09 Å². The summed E-state index contributed by atoms with van der Waals surface area (Å²) in [4.78, 5) is 23.3. The van der Waals surface area contributed by atoms with Crippen LogP contribution in [-0.4, -0.2) is 25.2 Å². The molecular weight excluding hydrogens is 294 g/mol. The summed E-state index contributed by atoms with van der Waals surface area (Å²) < 4.78 is 10.2. The number of carbonyl (C=O) groups excluding carboxylic acids is 2. The molecule has 1 aromatic rings. The average molecular weight is 317 g/mol. The van der Waals surface area contributed by atoms with Crippen LogP contribution in [0.2, 0.25) is 0 Å². The first-order valence-electron chi connectivity index (χ1n) is 7.96. The van der Waals surface area contributed by atoms with E-state index in [1.54, 1.807) is 6.92 Å². The fraction of sp³-hybridized carbons (Fsp3) is 0.444. The number of alkyl carbamates (subject to hydrolysis) is 1. The first kappa shape index (κ1) is 17.1. The Morgan fingerprint density at radius 3 is 2.74 bits per heavy atom. The summed E-state index contributed by atoms with van der Waals surface area (Å²) in [6.07, 6.45) is 4.85. The molecule has 0 saturated heterocycles. The summed E-state index contributed by atoms with van der Waals surface area (Å²) in [6, 6.07) is 9.54. The average Bonchev–Trinajstić information content (AvgIpc) is 2.99. The smallest absolute Gasteiger partial charge is 0.407 e. The van der Waals surface area contributed by atoms with Gasteiger partial charge in [0.1, 0.15) is 6.61 Å². The molecule has 0 fully saturated rings. The summed E-state index contributed by atoms with van der Waals surface area (Å²) >= 11 is 0. The maximum atomic E-state index is 11.8. The Morgan fingerprint density at radius 2 is 2.00 bits per heavy atom. The van der Waals surface area contributed by atoms with Crippen LogP contribution < -0.4 is 5.32 Å². The topological polar surface area (TPSA) is 64.6 Å². The van der Waals surface area contributed by atoms with E-state index in [4.69, 9.17) is 9.47 Å². The maximum absolute atomic E-state index is 11.8. The third-order valence-electron chi connectivity index (χ3n) is 3.86. The predicted molar refractivity (Wildman–Crippen MR) is 86.6 cm³/mol. The normalized spacial score (nSPS) is 19.3. The van der Waals surface area contributed by atoms with Gasteiger partial charge >= 0.3 is 12.1 Å². The third kappa shape index (κ3) is 5.77. The van der Waals surface area contributed by atoms with Crippen molar-refractivity contribution in [1.82, 2.24) is 5.32 Å². The minimum atomic E-state index is -0.435. The van der Waals surface area contributed by atoms with Gasteiger partial charge in [-0.3, -0.25) is 4.79 Å². The predicted octanol–water partition coefficient (Wildman–Crippen LogP) is 3.06. The number of ether oxygens (including phenoxy) is 2. The number of amides is 1. The molecule has 5 heteroatoms. The molecule has 0 bridgehead atoms. The van der Waals surface area contributed by atoms with Crippen molar-refractivity contribution in [2.45, 2.75) is 26.4 Å². The zero-order valence-electron chi connectivity index (χ0n) is 13.4. The molecule has 23 heavy (non-hydrogen) atoms. The molecule has 1 amide bonds. The highest BCUT2D eigenvalue weighted by molar-refractivity contribution is 5.70. The van der Waals surface area contributed by atoms with Crippen molar-refractivity contribution in [1.29, 1.82) is 0 Å². The highest BCUT2D eigenvalue weighted by Crippen LogP contribution is 2.27. The molecule has 0 aromatic heterocycles. The van der Waals surface area contributed by atoms with Crippen LogP contribution in [0.15, 0.2) is 42.5 Å². The highest BCUT2D eigenvalue weighted by atomic mass is 16.5. The molecule has 0 radical (unpaired) electrons. The lowest BCUT2D eigenvalue weighted by atomic mass is 9.92. The SMILES string of the molecule is CCOC(=O)C[C@H]1C=CC[C@H]1CNC(=O)OCc1ccccc1. The fourth-order valence-corrected chi connectivity index (χ4v) is 2.63. The van der Waals surface area contributed by atoms with Crippen LogP contribution in [0.4, 0.5) is 4.79 Å². The van der Waals surface area contributed by atoms with Crippen molar-refractivity contribution in [3.05, 3.63) is 48.0 Å². The molecular formula is C18H23NO4. The van der Waals surface area contributed by atoms with Crippen LogP contribution >= 0.6 is 0 Å². The van der Waals surface area contributed by atoms with Gasteiger partial charge < -0.3 is 14.8 Å². The zero-order valence-corrected chi connectivity index (χ0v) is 13.4. The Hall–Kier alpha value is -2.30. The van der Waals surface area contributed by atoms with E-state index >= 15 is 0 Å². The minimum Gasteiger partial charge on any atom is -0.466 e. The summed E-state index contributed by atoms with van der Waals surface area (Å²) in [5, 5.41) is 2.78. The molecule has 0 heterocycles. The first-order chi connectivity index (χ1) is 11.2. The van der Waals surface area contributed by atoms with Crippen LogP contribution in [0.5, 0.6) is 0 Å². The van der Waals surface area contributed by atoms with Crippen molar-refractivity contribution in [3.8, 4) is 0 Å². The first-order valence-corrected chi connectivity index (χ1v) is 7.96. The van der Waals surface area contributed by atoms with E-state index in [1.807, 2.05) is 42.5 Å². The lowest BCUT2D eigenvalue weighted by molar-refractivity contribution is -0.144. The molecule has 2 rings (SSSR count). The Labute approximate surface area is 136 Å². The molecule has 1 aliphatic rings. The molecule has 1 N–H and O–H groups in total. The summed E-state index contributed by atoms with van der Waals surface area (Å²) in [5.41, 5.74) is 0.949. The highest BCUT2D eigenvalue weighted by Gasteiger charge is 2.26. The number of hydrogen-bond acceptors (Lipinski definition) is 4. The minimum absolute atomic E-state index is 0.114. The van der Waals surface area contributed by atoms with Crippen LogP contribution in [0.3, 0.4) is 0 Å². The maximum Gasteiger partial charge on any atom is 0.407 e. The molecule has 1 aliphatic carbocycles. The second-order valence-corrected chi connectivity index (χ2v) is 5.54. The van der Waals surface area contributed by atoms with Crippen molar-refractivity contribution in [3.63, 3.8) is 0 Å². The Balaban J connectivity index is 1.70. The molecule has 5 nitrogen and oxygen atoms in total. The van der Waals surface area contributed by atoms with Crippen LogP contribution in [0.1, 0.15) is 25.3 Å². The largest absolute Gasteiger partial charge is 0.466 e. The van der Waals surface area contributed by atoms with E-state index in [0.717, 1.165) is 12.0 Å². The number of carbonyl (C=O) groups is 2. The van der Waals surface area contributed by atoms with Crippen LogP contribution in [0.25, 0.3) is 0 Å². The molecule has 0 saturated carbocycles. The van der Waals surface area contributed by atoms with E-state index in [2.05, 4.69) is 5.32 Å². The Kier molecular flexibility index (Phi) is 6.66. The molecule has 0 spiro atoms. The number of rotatable bonds is 7. The van der Waals surface area contributed by atoms with Gasteiger partial charge in [-0.15, -0.1) is 0 Å². The number of hydrogen-bond donors (Lipinski definition) is 1. The van der Waals surface area contributed by atoms with Gasteiger partial charge in [0.25, 0.3) is 0 Å².